The molecule has 0 spiro atoms. The molecule has 0 N–H and O–H groups in total. The van der Waals surface area contributed by atoms with Gasteiger partial charge in [-0.2, -0.15) is 18.1 Å². The molecule has 1 atom stereocenters. The Hall–Kier alpha value is -2.22. The zero-order chi connectivity index (χ0) is 17.4. The second-order valence-corrected chi connectivity index (χ2v) is 7.32. The molecular formula is C15H19N2O5S+. The molecule has 1 heterocycles. The first-order valence-electron chi connectivity index (χ1n) is 7.06. The van der Waals surface area contributed by atoms with E-state index in [2.05, 4.69) is 0 Å². The van der Waals surface area contributed by atoms with Gasteiger partial charge in [0.2, 0.25) is 0 Å². The Kier molecular flexibility index (Phi) is 4.56. The van der Waals surface area contributed by atoms with Crippen LogP contribution in [0.1, 0.15) is 25.3 Å². The average molecular weight is 339 g/mol. The van der Waals surface area contributed by atoms with Gasteiger partial charge >= 0.3 is 22.1 Å². The highest BCUT2D eigenvalue weighted by atomic mass is 32.2. The van der Waals surface area contributed by atoms with Gasteiger partial charge in [0.15, 0.2) is 0 Å². The van der Waals surface area contributed by atoms with Crippen LogP contribution in [0.5, 0.6) is 5.75 Å². The lowest BCUT2D eigenvalue weighted by Crippen LogP contribution is -2.54. The summed E-state index contributed by atoms with van der Waals surface area (Å²) in [4.78, 5) is 24.4. The molecule has 124 valence electrons. The van der Waals surface area contributed by atoms with E-state index in [0.29, 0.717) is 5.92 Å². The smallest absolute Gasteiger partial charge is 0.381 e. The van der Waals surface area contributed by atoms with E-state index in [1.165, 1.54) is 14.1 Å². The fourth-order valence-electron chi connectivity index (χ4n) is 2.14. The lowest BCUT2D eigenvalue weighted by molar-refractivity contribution is -0.399. The highest BCUT2D eigenvalue weighted by molar-refractivity contribution is 7.89. The summed E-state index contributed by atoms with van der Waals surface area (Å²) in [5.74, 6) is -0.410. The number of nitrogens with zero attached hydrogens (tertiary/aromatic N) is 2. The van der Waals surface area contributed by atoms with E-state index in [0.717, 1.165) is 21.3 Å². The minimum Gasteiger partial charge on any atom is -0.381 e. The lowest BCUT2D eigenvalue weighted by atomic mass is 10.0. The summed E-state index contributed by atoms with van der Waals surface area (Å²) >= 11 is 0. The van der Waals surface area contributed by atoms with E-state index in [1.807, 2.05) is 13.8 Å². The van der Waals surface area contributed by atoms with Crippen molar-refractivity contribution in [2.75, 3.05) is 14.1 Å². The molecule has 7 nitrogen and oxygen atoms in total. The molecule has 0 fully saturated rings. The average Bonchev–Trinajstić information content (AvgIpc) is 2.48. The molecule has 0 radical (unpaired) electrons. The summed E-state index contributed by atoms with van der Waals surface area (Å²) in [6.07, 6.45) is 1.04. The van der Waals surface area contributed by atoms with Crippen molar-refractivity contribution in [1.29, 1.82) is 0 Å². The van der Waals surface area contributed by atoms with Crippen LogP contribution in [-0.4, -0.2) is 55.4 Å². The summed E-state index contributed by atoms with van der Waals surface area (Å²) in [7, 11) is -1.64. The van der Waals surface area contributed by atoms with E-state index in [4.69, 9.17) is 4.18 Å². The van der Waals surface area contributed by atoms with Crippen LogP contribution >= 0.6 is 0 Å². The molecule has 23 heavy (non-hydrogen) atoms. The molecule has 1 aliphatic rings. The first-order valence-corrected chi connectivity index (χ1v) is 8.53. The zero-order valence-electron chi connectivity index (χ0n) is 13.4. The van der Waals surface area contributed by atoms with Gasteiger partial charge in [-0.3, -0.25) is 0 Å². The number of hydrogen-bond acceptors (Lipinski definition) is 5. The molecule has 0 bridgehead atoms. The third-order valence-corrected chi connectivity index (χ3v) is 4.96. The monoisotopic (exact) mass is 339 g/mol. The van der Waals surface area contributed by atoms with Crippen molar-refractivity contribution < 1.29 is 26.8 Å². The number of amides is 3. The highest BCUT2D eigenvalue weighted by Gasteiger charge is 2.47. The molecule has 2 rings (SSSR count). The normalized spacial score (nSPS) is 19.1. The van der Waals surface area contributed by atoms with Crippen molar-refractivity contribution >= 4 is 28.3 Å². The molecule has 0 saturated heterocycles. The van der Waals surface area contributed by atoms with Gasteiger partial charge < -0.3 is 4.18 Å². The minimum atomic E-state index is -4.25. The Morgan fingerprint density at radius 2 is 1.74 bits per heavy atom. The van der Waals surface area contributed by atoms with Gasteiger partial charge in [0.1, 0.15) is 12.0 Å². The van der Waals surface area contributed by atoms with Crippen molar-refractivity contribution in [3.05, 3.63) is 29.8 Å². The number of rotatable bonds is 4. The molecule has 1 aromatic rings. The molecule has 3 amide bonds. The van der Waals surface area contributed by atoms with E-state index in [-0.39, 0.29) is 5.75 Å². The first-order chi connectivity index (χ1) is 10.6. The van der Waals surface area contributed by atoms with Gasteiger partial charge in [0.05, 0.1) is 14.1 Å². The topological polar surface area (TPSA) is 83.8 Å². The maximum absolute atomic E-state index is 12.3. The van der Waals surface area contributed by atoms with Crippen molar-refractivity contribution in [1.82, 2.24) is 4.90 Å². The minimum absolute atomic E-state index is 0.123. The van der Waals surface area contributed by atoms with Crippen LogP contribution in [0.15, 0.2) is 24.3 Å². The zero-order valence-corrected chi connectivity index (χ0v) is 14.2. The number of imide groups is 1. The predicted molar refractivity (Wildman–Crippen MR) is 84.3 cm³/mol. The maximum atomic E-state index is 12.3. The first kappa shape index (κ1) is 17.1. The van der Waals surface area contributed by atoms with Crippen molar-refractivity contribution in [2.24, 2.45) is 0 Å². The number of urea groups is 1. The Morgan fingerprint density at radius 1 is 1.17 bits per heavy atom. The van der Waals surface area contributed by atoms with Crippen LogP contribution in [0, 0.1) is 0 Å². The summed E-state index contributed by atoms with van der Waals surface area (Å²) in [6.45, 7) is 4.04. The molecule has 0 saturated carbocycles. The molecular weight excluding hydrogens is 320 g/mol. The van der Waals surface area contributed by atoms with Gasteiger partial charge in [-0.15, -0.1) is 0 Å². The number of carbonyl (C=O) groups excluding carboxylic acids is 2. The van der Waals surface area contributed by atoms with Crippen molar-refractivity contribution in [3.8, 4) is 5.75 Å². The predicted octanol–water partition coefficient (Wildman–Crippen LogP) is 1.19. The Balaban J connectivity index is 2.28. The largest absolute Gasteiger partial charge is 0.500 e. The quantitative estimate of drug-likeness (QED) is 0.608. The van der Waals surface area contributed by atoms with Crippen molar-refractivity contribution in [2.45, 2.75) is 25.0 Å². The number of benzene rings is 1. The SMILES string of the molecule is CC(C)c1ccc(OS(=O)(=O)C2C=[N+](C)C(=O)N(C)C2=O)cc1. The van der Waals surface area contributed by atoms with E-state index in [1.54, 1.807) is 24.3 Å². The highest BCUT2D eigenvalue weighted by Crippen LogP contribution is 2.21. The Morgan fingerprint density at radius 3 is 2.26 bits per heavy atom. The van der Waals surface area contributed by atoms with Gasteiger partial charge in [-0.05, 0) is 23.6 Å². The molecule has 1 unspecified atom stereocenters. The van der Waals surface area contributed by atoms with Crippen LogP contribution in [0.25, 0.3) is 0 Å². The second kappa shape index (κ2) is 6.11. The number of hydrogen-bond donors (Lipinski definition) is 0. The Labute approximate surface area is 135 Å². The second-order valence-electron chi connectivity index (χ2n) is 5.66. The van der Waals surface area contributed by atoms with Crippen molar-refractivity contribution in [3.63, 3.8) is 0 Å². The third-order valence-electron chi connectivity index (χ3n) is 3.59. The summed E-state index contributed by atoms with van der Waals surface area (Å²) in [6, 6.07) is 6.02. The summed E-state index contributed by atoms with van der Waals surface area (Å²) in [5, 5.41) is -1.56. The summed E-state index contributed by atoms with van der Waals surface area (Å²) < 4.78 is 30.8. The van der Waals surface area contributed by atoms with Crippen LogP contribution in [0.4, 0.5) is 4.79 Å². The lowest BCUT2D eigenvalue weighted by Gasteiger charge is -2.19. The molecule has 1 aliphatic heterocycles. The molecule has 0 aromatic heterocycles. The summed E-state index contributed by atoms with van der Waals surface area (Å²) in [5.41, 5.74) is 1.04. The van der Waals surface area contributed by atoms with Gasteiger partial charge in [0.25, 0.3) is 5.25 Å². The maximum Gasteiger partial charge on any atom is 0.500 e. The molecule has 8 heteroatoms. The van der Waals surface area contributed by atoms with Crippen LogP contribution < -0.4 is 4.18 Å². The molecule has 1 aromatic carbocycles. The van der Waals surface area contributed by atoms with E-state index in [9.17, 15) is 18.0 Å². The van der Waals surface area contributed by atoms with Gasteiger partial charge in [-0.1, -0.05) is 26.0 Å². The third kappa shape index (κ3) is 3.42. The van der Waals surface area contributed by atoms with E-state index >= 15 is 0 Å². The van der Waals surface area contributed by atoms with Gasteiger partial charge in [-0.25, -0.2) is 9.37 Å². The fourth-order valence-corrected chi connectivity index (χ4v) is 3.36. The Bertz CT molecular complexity index is 766. The van der Waals surface area contributed by atoms with Crippen LogP contribution in [-0.2, 0) is 14.9 Å². The van der Waals surface area contributed by atoms with E-state index < -0.39 is 27.3 Å². The van der Waals surface area contributed by atoms with Gasteiger partial charge in [0, 0.05) is 0 Å². The molecule has 0 aliphatic carbocycles. The standard InChI is InChI=1S/C15H19N2O5S/c1-10(2)11-5-7-12(8-6-11)22-23(20,21)13-9-16(3)15(19)17(4)14(13)18/h5-10,13H,1-4H3/q+1. The van der Waals surface area contributed by atoms with Crippen LogP contribution in [0.2, 0.25) is 0 Å². The van der Waals surface area contributed by atoms with Crippen LogP contribution in [0.3, 0.4) is 0 Å². The number of carbonyl (C=O) groups is 2. The fraction of sp³-hybridized carbons (Fsp3) is 0.400.